The number of aliphatic hydroxyl groups excluding tert-OH is 1. The van der Waals surface area contributed by atoms with Crippen molar-refractivity contribution in [2.24, 2.45) is 0 Å². The molecule has 0 radical (unpaired) electrons. The van der Waals surface area contributed by atoms with E-state index >= 15 is 0 Å². The molecule has 102 valence electrons. The number of amides is 1. The van der Waals surface area contributed by atoms with Crippen LogP contribution in [0.3, 0.4) is 0 Å². The van der Waals surface area contributed by atoms with E-state index in [0.29, 0.717) is 18.7 Å². The summed E-state index contributed by atoms with van der Waals surface area (Å²) in [4.78, 5) is 22.2. The quantitative estimate of drug-likeness (QED) is 0.848. The van der Waals surface area contributed by atoms with Gasteiger partial charge in [0.05, 0.1) is 12.6 Å². The maximum atomic E-state index is 12.6. The Morgan fingerprint density at radius 1 is 1.35 bits per heavy atom. The maximum Gasteiger partial charge on any atom is 0.277 e. The molecule has 1 aromatic heterocycles. The molecule has 20 heavy (non-hydrogen) atoms. The van der Waals surface area contributed by atoms with E-state index in [2.05, 4.69) is 9.97 Å². The number of fused-ring (bicyclic) bond motifs is 1. The zero-order chi connectivity index (χ0) is 14.1. The van der Waals surface area contributed by atoms with Crippen LogP contribution in [0, 0.1) is 6.92 Å². The number of aromatic nitrogens is 2. The first-order valence-electron chi connectivity index (χ1n) is 6.51. The third kappa shape index (κ3) is 2.28. The summed E-state index contributed by atoms with van der Waals surface area (Å²) in [5, 5.41) is 9.95. The lowest BCUT2D eigenvalue weighted by Crippen LogP contribution is -2.42. The number of carbonyl (C=O) groups excluding carboxylic acids is 1. The van der Waals surface area contributed by atoms with Crippen LogP contribution in [0.1, 0.15) is 21.7 Å². The van der Waals surface area contributed by atoms with Gasteiger partial charge in [-0.1, -0.05) is 18.2 Å². The molecule has 1 atom stereocenters. The molecule has 0 fully saturated rings. The van der Waals surface area contributed by atoms with Gasteiger partial charge in [0.15, 0.2) is 0 Å². The fraction of sp³-hybridized carbons (Fsp3) is 0.267. The monoisotopic (exact) mass is 269 g/mol. The summed E-state index contributed by atoms with van der Waals surface area (Å²) in [6.45, 7) is 2.11. The third-order valence-corrected chi connectivity index (χ3v) is 3.40. The predicted octanol–water partition coefficient (Wildman–Crippen LogP) is 1.35. The lowest BCUT2D eigenvalue weighted by Gasteiger charge is -2.32. The van der Waals surface area contributed by atoms with Crippen molar-refractivity contribution in [3.05, 3.63) is 53.6 Å². The number of aryl methyl sites for hydroxylation is 1. The number of hydrogen-bond donors (Lipinski definition) is 1. The molecule has 0 aliphatic carbocycles. The van der Waals surface area contributed by atoms with Gasteiger partial charge in [-0.3, -0.25) is 4.79 Å². The molecule has 0 bridgehead atoms. The van der Waals surface area contributed by atoms with Gasteiger partial charge in [-0.05, 0) is 24.6 Å². The standard InChI is InChI=1S/C15H15N3O2/c1-10-6-13(17-9-16-10)15(20)18-8-12(19)7-11-4-2-3-5-14(11)18/h2-6,9,12,19H,7-8H2,1H3. The lowest BCUT2D eigenvalue weighted by atomic mass is 9.99. The minimum atomic E-state index is -0.545. The fourth-order valence-corrected chi connectivity index (χ4v) is 2.48. The molecule has 0 spiro atoms. The Balaban J connectivity index is 2.00. The summed E-state index contributed by atoms with van der Waals surface area (Å²) in [6, 6.07) is 9.29. The molecule has 1 N–H and O–H groups in total. The van der Waals surface area contributed by atoms with Crippen LogP contribution in [0.15, 0.2) is 36.7 Å². The topological polar surface area (TPSA) is 66.3 Å². The van der Waals surface area contributed by atoms with Crippen molar-refractivity contribution in [2.75, 3.05) is 11.4 Å². The van der Waals surface area contributed by atoms with Crippen molar-refractivity contribution in [3.8, 4) is 0 Å². The molecule has 5 nitrogen and oxygen atoms in total. The van der Waals surface area contributed by atoms with Crippen LogP contribution >= 0.6 is 0 Å². The molecule has 0 saturated heterocycles. The van der Waals surface area contributed by atoms with E-state index in [1.165, 1.54) is 6.33 Å². The zero-order valence-corrected chi connectivity index (χ0v) is 11.2. The van der Waals surface area contributed by atoms with E-state index in [9.17, 15) is 9.90 Å². The smallest absolute Gasteiger partial charge is 0.277 e. The molecular weight excluding hydrogens is 254 g/mol. The minimum absolute atomic E-state index is 0.207. The van der Waals surface area contributed by atoms with Gasteiger partial charge in [0.2, 0.25) is 0 Å². The number of para-hydroxylation sites is 1. The largest absolute Gasteiger partial charge is 0.391 e. The molecule has 1 aliphatic rings. The molecule has 0 saturated carbocycles. The summed E-state index contributed by atoms with van der Waals surface area (Å²) in [5.41, 5.74) is 2.92. The Morgan fingerprint density at radius 2 is 2.15 bits per heavy atom. The Labute approximate surface area is 116 Å². The van der Waals surface area contributed by atoms with E-state index in [1.807, 2.05) is 31.2 Å². The summed E-state index contributed by atoms with van der Waals surface area (Å²) in [7, 11) is 0. The van der Waals surface area contributed by atoms with Gasteiger partial charge >= 0.3 is 0 Å². The Bertz CT molecular complexity index is 657. The third-order valence-electron chi connectivity index (χ3n) is 3.40. The van der Waals surface area contributed by atoms with E-state index in [1.54, 1.807) is 11.0 Å². The average Bonchev–Trinajstić information content (AvgIpc) is 2.45. The van der Waals surface area contributed by atoms with Crippen LogP contribution in [0.5, 0.6) is 0 Å². The average molecular weight is 269 g/mol. The van der Waals surface area contributed by atoms with Crippen LogP contribution in [-0.4, -0.2) is 33.6 Å². The first-order valence-corrected chi connectivity index (χ1v) is 6.51. The second-order valence-electron chi connectivity index (χ2n) is 4.95. The van der Waals surface area contributed by atoms with Crippen LogP contribution in [0.25, 0.3) is 0 Å². The molecule has 3 rings (SSSR count). The summed E-state index contributed by atoms with van der Waals surface area (Å²) >= 11 is 0. The molecule has 1 aliphatic heterocycles. The van der Waals surface area contributed by atoms with E-state index in [-0.39, 0.29) is 5.91 Å². The highest BCUT2D eigenvalue weighted by molar-refractivity contribution is 6.05. The predicted molar refractivity (Wildman–Crippen MR) is 74.6 cm³/mol. The van der Waals surface area contributed by atoms with Crippen LogP contribution in [0.2, 0.25) is 0 Å². The molecule has 1 unspecified atom stereocenters. The maximum absolute atomic E-state index is 12.6. The second kappa shape index (κ2) is 5.02. The Kier molecular flexibility index (Phi) is 3.20. The molecule has 5 heteroatoms. The number of carbonyl (C=O) groups is 1. The number of aliphatic hydroxyl groups is 1. The number of benzene rings is 1. The lowest BCUT2D eigenvalue weighted by molar-refractivity contribution is 0.0949. The van der Waals surface area contributed by atoms with Gasteiger partial charge in [-0.2, -0.15) is 0 Å². The highest BCUT2D eigenvalue weighted by Crippen LogP contribution is 2.28. The summed E-state index contributed by atoms with van der Waals surface area (Å²) in [5.74, 6) is -0.207. The van der Waals surface area contributed by atoms with Gasteiger partial charge in [0.25, 0.3) is 5.91 Å². The van der Waals surface area contributed by atoms with Gasteiger partial charge in [0.1, 0.15) is 12.0 Å². The molecule has 2 heterocycles. The SMILES string of the molecule is Cc1cc(C(=O)N2CC(O)Cc3ccccc32)ncn1. The van der Waals surface area contributed by atoms with Crippen molar-refractivity contribution >= 4 is 11.6 Å². The normalized spacial score (nSPS) is 17.7. The number of hydrogen-bond acceptors (Lipinski definition) is 4. The summed E-state index contributed by atoms with van der Waals surface area (Å²) in [6.07, 6.45) is 1.41. The van der Waals surface area contributed by atoms with Crippen molar-refractivity contribution in [2.45, 2.75) is 19.4 Å². The van der Waals surface area contributed by atoms with Crippen molar-refractivity contribution < 1.29 is 9.90 Å². The van der Waals surface area contributed by atoms with E-state index in [0.717, 1.165) is 16.9 Å². The molecule has 2 aromatic rings. The van der Waals surface area contributed by atoms with Gasteiger partial charge in [-0.15, -0.1) is 0 Å². The highest BCUT2D eigenvalue weighted by atomic mass is 16.3. The van der Waals surface area contributed by atoms with Crippen LogP contribution in [0.4, 0.5) is 5.69 Å². The zero-order valence-electron chi connectivity index (χ0n) is 11.2. The molecule has 1 amide bonds. The Hall–Kier alpha value is -2.27. The second-order valence-corrected chi connectivity index (χ2v) is 4.95. The number of anilines is 1. The number of nitrogens with zero attached hydrogens (tertiary/aromatic N) is 3. The Morgan fingerprint density at radius 3 is 2.95 bits per heavy atom. The van der Waals surface area contributed by atoms with Gasteiger partial charge in [-0.25, -0.2) is 9.97 Å². The van der Waals surface area contributed by atoms with E-state index in [4.69, 9.17) is 0 Å². The first kappa shape index (κ1) is 12.7. The van der Waals surface area contributed by atoms with Gasteiger partial charge in [0, 0.05) is 17.8 Å². The van der Waals surface area contributed by atoms with E-state index < -0.39 is 6.10 Å². The van der Waals surface area contributed by atoms with Crippen LogP contribution in [-0.2, 0) is 6.42 Å². The molecule has 1 aromatic carbocycles. The van der Waals surface area contributed by atoms with Crippen LogP contribution < -0.4 is 4.90 Å². The fourth-order valence-electron chi connectivity index (χ4n) is 2.48. The first-order chi connectivity index (χ1) is 9.65. The number of β-amino-alcohol motifs (C(OH)–C–C–N with tert-alkyl or cyclic N) is 1. The van der Waals surface area contributed by atoms with Gasteiger partial charge < -0.3 is 10.0 Å². The summed E-state index contributed by atoms with van der Waals surface area (Å²) < 4.78 is 0. The van der Waals surface area contributed by atoms with Crippen molar-refractivity contribution in [3.63, 3.8) is 0 Å². The number of rotatable bonds is 1. The van der Waals surface area contributed by atoms with Crippen molar-refractivity contribution in [1.29, 1.82) is 0 Å². The molecular formula is C15H15N3O2. The minimum Gasteiger partial charge on any atom is -0.391 e. The highest BCUT2D eigenvalue weighted by Gasteiger charge is 2.28. The van der Waals surface area contributed by atoms with Crippen molar-refractivity contribution in [1.82, 2.24) is 9.97 Å².